The summed E-state index contributed by atoms with van der Waals surface area (Å²) in [7, 11) is 0. The molecule has 1 heterocycles. The van der Waals surface area contributed by atoms with Crippen molar-refractivity contribution in [2.45, 2.75) is 6.92 Å². The van der Waals surface area contributed by atoms with Crippen molar-refractivity contribution in [3.05, 3.63) is 17.7 Å². The highest BCUT2D eigenvalue weighted by Gasteiger charge is 2.09. The molecule has 0 fully saturated rings. The first-order chi connectivity index (χ1) is 6.19. The third kappa shape index (κ3) is 2.03. The van der Waals surface area contributed by atoms with E-state index in [1.165, 1.54) is 0 Å². The molecule has 0 atom stereocenters. The highest BCUT2D eigenvalue weighted by atomic mass is 19.1. The van der Waals surface area contributed by atoms with Crippen molar-refractivity contribution in [2.24, 2.45) is 5.84 Å². The molecule has 0 unspecified atom stereocenters. The van der Waals surface area contributed by atoms with Gasteiger partial charge in [0.15, 0.2) is 23.3 Å². The summed E-state index contributed by atoms with van der Waals surface area (Å²) in [6.07, 6.45) is 0. The molecular formula is C7H10F2N4. The Morgan fingerprint density at radius 1 is 1.38 bits per heavy atom. The first-order valence-corrected chi connectivity index (χ1v) is 3.75. The van der Waals surface area contributed by atoms with E-state index in [2.05, 4.69) is 10.3 Å². The fourth-order valence-electron chi connectivity index (χ4n) is 0.859. The number of nitrogens with two attached hydrogens (primary N) is 1. The monoisotopic (exact) mass is 188 g/mol. The van der Waals surface area contributed by atoms with E-state index in [-0.39, 0.29) is 11.6 Å². The average Bonchev–Trinajstić information content (AvgIpc) is 2.10. The van der Waals surface area contributed by atoms with Crippen LogP contribution in [0.3, 0.4) is 0 Å². The highest BCUT2D eigenvalue weighted by molar-refractivity contribution is 5.46. The Kier molecular flexibility index (Phi) is 2.97. The maximum atomic E-state index is 12.9. The fourth-order valence-corrected chi connectivity index (χ4v) is 0.859. The second-order valence-electron chi connectivity index (χ2n) is 2.32. The minimum Gasteiger partial charge on any atom is -0.368 e. The molecule has 1 rings (SSSR count). The van der Waals surface area contributed by atoms with Gasteiger partial charge in [0.2, 0.25) is 0 Å². The van der Waals surface area contributed by atoms with Gasteiger partial charge in [-0.25, -0.2) is 19.6 Å². The first-order valence-electron chi connectivity index (χ1n) is 3.75. The van der Waals surface area contributed by atoms with Crippen LogP contribution in [-0.4, -0.2) is 11.5 Å². The number of hydrogen-bond acceptors (Lipinski definition) is 4. The topological polar surface area (TPSA) is 63.0 Å². The van der Waals surface area contributed by atoms with Crippen molar-refractivity contribution in [1.29, 1.82) is 0 Å². The van der Waals surface area contributed by atoms with Crippen LogP contribution in [0.4, 0.5) is 20.4 Å². The van der Waals surface area contributed by atoms with Gasteiger partial charge < -0.3 is 10.7 Å². The van der Waals surface area contributed by atoms with E-state index in [1.807, 2.05) is 5.43 Å². The molecule has 0 aliphatic carbocycles. The van der Waals surface area contributed by atoms with E-state index >= 15 is 0 Å². The summed E-state index contributed by atoms with van der Waals surface area (Å²) in [4.78, 5) is 3.58. The Bertz CT molecular complexity index is 303. The van der Waals surface area contributed by atoms with Crippen LogP contribution in [0.2, 0.25) is 0 Å². The number of nitrogens with zero attached hydrogens (tertiary/aromatic N) is 1. The van der Waals surface area contributed by atoms with Gasteiger partial charge in [-0.3, -0.25) is 0 Å². The van der Waals surface area contributed by atoms with Gasteiger partial charge in [-0.2, -0.15) is 0 Å². The molecule has 4 N–H and O–H groups in total. The van der Waals surface area contributed by atoms with Crippen LogP contribution in [0.25, 0.3) is 0 Å². The Balaban J connectivity index is 3.06. The van der Waals surface area contributed by atoms with Crippen molar-refractivity contribution >= 4 is 11.6 Å². The van der Waals surface area contributed by atoms with Crippen molar-refractivity contribution in [3.8, 4) is 0 Å². The van der Waals surface area contributed by atoms with E-state index in [0.717, 1.165) is 6.07 Å². The molecule has 1 aromatic rings. The van der Waals surface area contributed by atoms with Gasteiger partial charge >= 0.3 is 0 Å². The molecule has 0 spiro atoms. The number of hydrazine groups is 1. The lowest BCUT2D eigenvalue weighted by molar-refractivity contribution is 0.578. The third-order valence-electron chi connectivity index (χ3n) is 1.41. The van der Waals surface area contributed by atoms with Crippen LogP contribution in [0.15, 0.2) is 6.07 Å². The van der Waals surface area contributed by atoms with Gasteiger partial charge in [0.05, 0.1) is 0 Å². The lowest BCUT2D eigenvalue weighted by Gasteiger charge is -2.06. The van der Waals surface area contributed by atoms with E-state index in [1.54, 1.807) is 6.92 Å². The van der Waals surface area contributed by atoms with Crippen LogP contribution in [0.1, 0.15) is 6.92 Å². The maximum absolute atomic E-state index is 12.9. The van der Waals surface area contributed by atoms with Crippen LogP contribution < -0.4 is 16.6 Å². The average molecular weight is 188 g/mol. The molecule has 1 aromatic heterocycles. The summed E-state index contributed by atoms with van der Waals surface area (Å²) in [6.45, 7) is 2.28. The minimum absolute atomic E-state index is 0.0168. The third-order valence-corrected chi connectivity index (χ3v) is 1.41. The second-order valence-corrected chi connectivity index (χ2v) is 2.32. The number of pyridine rings is 1. The van der Waals surface area contributed by atoms with Crippen molar-refractivity contribution in [3.63, 3.8) is 0 Å². The lowest BCUT2D eigenvalue weighted by Crippen LogP contribution is -2.13. The number of aromatic nitrogens is 1. The number of hydrogen-bond donors (Lipinski definition) is 3. The molecule has 0 aromatic carbocycles. The Morgan fingerprint density at radius 2 is 2.00 bits per heavy atom. The molecule has 72 valence electrons. The van der Waals surface area contributed by atoms with Gasteiger partial charge in [0, 0.05) is 12.6 Å². The molecule has 0 saturated heterocycles. The fraction of sp³-hybridized carbons (Fsp3) is 0.286. The van der Waals surface area contributed by atoms with Gasteiger partial charge in [-0.05, 0) is 6.92 Å². The predicted molar refractivity (Wildman–Crippen MR) is 46.1 cm³/mol. The summed E-state index contributed by atoms with van der Waals surface area (Å²) in [5, 5.41) is 2.63. The molecular weight excluding hydrogens is 178 g/mol. The zero-order chi connectivity index (χ0) is 9.84. The quantitative estimate of drug-likeness (QED) is 0.490. The summed E-state index contributed by atoms with van der Waals surface area (Å²) in [6, 6.07) is 0.722. The smallest absolute Gasteiger partial charge is 0.178 e. The van der Waals surface area contributed by atoms with Crippen molar-refractivity contribution in [1.82, 2.24) is 4.98 Å². The molecule has 13 heavy (non-hydrogen) atoms. The first kappa shape index (κ1) is 9.66. The highest BCUT2D eigenvalue weighted by Crippen LogP contribution is 2.17. The summed E-state index contributed by atoms with van der Waals surface area (Å²) < 4.78 is 25.7. The van der Waals surface area contributed by atoms with Gasteiger partial charge in [0.1, 0.15) is 0 Å². The summed E-state index contributed by atoms with van der Waals surface area (Å²) >= 11 is 0. The molecule has 6 heteroatoms. The van der Waals surface area contributed by atoms with Crippen LogP contribution in [0.5, 0.6) is 0 Å². The van der Waals surface area contributed by atoms with Gasteiger partial charge in [-0.1, -0.05) is 0 Å². The predicted octanol–water partition coefficient (Wildman–Crippen LogP) is 1.08. The van der Waals surface area contributed by atoms with Gasteiger partial charge in [0.25, 0.3) is 0 Å². The second kappa shape index (κ2) is 3.99. The standard InChI is InChI=1S/C7H10F2N4/c1-2-11-6-4(8)3-5(9)7(12-6)13-10/h3H,2,10H2,1H3,(H2,11,12,13). The molecule has 0 aliphatic heterocycles. The lowest BCUT2D eigenvalue weighted by atomic mass is 10.4. The van der Waals surface area contributed by atoms with E-state index < -0.39 is 11.6 Å². The van der Waals surface area contributed by atoms with E-state index in [9.17, 15) is 8.78 Å². The molecule has 0 radical (unpaired) electrons. The Morgan fingerprint density at radius 3 is 2.54 bits per heavy atom. The minimum atomic E-state index is -0.818. The Hall–Kier alpha value is -1.43. The molecule has 0 amide bonds. The van der Waals surface area contributed by atoms with Crippen LogP contribution in [-0.2, 0) is 0 Å². The van der Waals surface area contributed by atoms with Crippen LogP contribution >= 0.6 is 0 Å². The number of anilines is 2. The number of nitrogen functional groups attached to an aromatic ring is 1. The molecule has 4 nitrogen and oxygen atoms in total. The van der Waals surface area contributed by atoms with E-state index in [4.69, 9.17) is 5.84 Å². The largest absolute Gasteiger partial charge is 0.368 e. The molecule has 0 aliphatic rings. The SMILES string of the molecule is CCNc1nc(NN)c(F)cc1F. The van der Waals surface area contributed by atoms with E-state index in [0.29, 0.717) is 6.54 Å². The number of rotatable bonds is 3. The zero-order valence-electron chi connectivity index (χ0n) is 7.06. The Labute approximate surface area is 74.1 Å². The maximum Gasteiger partial charge on any atom is 0.178 e. The summed E-state index contributed by atoms with van der Waals surface area (Å²) in [5.74, 6) is 3.21. The zero-order valence-corrected chi connectivity index (χ0v) is 7.06. The molecule has 0 bridgehead atoms. The normalized spacial score (nSPS) is 9.85. The van der Waals surface area contributed by atoms with Crippen molar-refractivity contribution < 1.29 is 8.78 Å². The number of nitrogens with one attached hydrogen (secondary N) is 2. The van der Waals surface area contributed by atoms with Gasteiger partial charge in [-0.15, -0.1) is 0 Å². The summed E-state index contributed by atoms with van der Waals surface area (Å²) in [5.41, 5.74) is 2.03. The number of halogens is 2. The molecule has 0 saturated carbocycles. The van der Waals surface area contributed by atoms with Crippen molar-refractivity contribution in [2.75, 3.05) is 17.3 Å². The van der Waals surface area contributed by atoms with Crippen LogP contribution in [0, 0.1) is 11.6 Å².